The lowest BCUT2D eigenvalue weighted by molar-refractivity contribution is -0.138. The zero-order valence-corrected chi connectivity index (χ0v) is 17.7. The van der Waals surface area contributed by atoms with Gasteiger partial charge in [-0.3, -0.25) is 0 Å². The lowest BCUT2D eigenvalue weighted by atomic mass is 9.95. The fraction of sp³-hybridized carbons (Fsp3) is 0.208. The molecule has 3 aromatic rings. The zero-order valence-electron chi connectivity index (χ0n) is 16.9. The van der Waals surface area contributed by atoms with Crippen molar-refractivity contribution < 1.29 is 17.9 Å². The monoisotopic (exact) mass is 421 g/mol. The van der Waals surface area contributed by atoms with E-state index in [0.29, 0.717) is 5.57 Å². The van der Waals surface area contributed by atoms with E-state index < -0.39 is 22.0 Å². The van der Waals surface area contributed by atoms with Crippen LogP contribution >= 0.6 is 0 Å². The summed E-state index contributed by atoms with van der Waals surface area (Å²) in [5.74, 6) is -0.489. The highest BCUT2D eigenvalue weighted by molar-refractivity contribution is 7.89. The quantitative estimate of drug-likeness (QED) is 0.574. The number of ether oxygens (including phenoxy) is 1. The zero-order chi connectivity index (χ0) is 21.3. The van der Waals surface area contributed by atoms with Gasteiger partial charge < -0.3 is 4.74 Å². The number of sulfonamides is 1. The topological polar surface area (TPSA) is 63.7 Å². The van der Waals surface area contributed by atoms with Gasteiger partial charge in [-0.25, -0.2) is 13.2 Å². The molecule has 0 aliphatic carbocycles. The van der Waals surface area contributed by atoms with E-state index in [1.807, 2.05) is 49.4 Å². The third-order valence-electron chi connectivity index (χ3n) is 5.33. The second-order valence-corrected chi connectivity index (χ2v) is 9.13. The minimum atomic E-state index is -3.83. The van der Waals surface area contributed by atoms with Crippen LogP contribution in [0.15, 0.2) is 83.3 Å². The van der Waals surface area contributed by atoms with Gasteiger partial charge in [0.15, 0.2) is 0 Å². The van der Waals surface area contributed by atoms with Crippen molar-refractivity contribution in [3.05, 3.63) is 89.5 Å². The maximum atomic E-state index is 13.5. The molecule has 30 heavy (non-hydrogen) atoms. The molecule has 0 saturated carbocycles. The smallest absolute Gasteiger partial charge is 0.335 e. The second kappa shape index (κ2) is 8.05. The van der Waals surface area contributed by atoms with E-state index in [1.54, 1.807) is 37.3 Å². The van der Waals surface area contributed by atoms with Gasteiger partial charge in [0.1, 0.15) is 0 Å². The number of carbonyl (C=O) groups excluding carboxylic acids is 1. The van der Waals surface area contributed by atoms with Crippen LogP contribution in [0.1, 0.15) is 24.1 Å². The van der Waals surface area contributed by atoms with E-state index in [9.17, 15) is 13.2 Å². The highest BCUT2D eigenvalue weighted by Gasteiger charge is 2.41. The van der Waals surface area contributed by atoms with Crippen LogP contribution < -0.4 is 0 Å². The van der Waals surface area contributed by atoms with Crippen LogP contribution in [0.2, 0.25) is 0 Å². The fourth-order valence-corrected chi connectivity index (χ4v) is 5.39. The van der Waals surface area contributed by atoms with E-state index in [0.717, 1.165) is 21.9 Å². The fourth-order valence-electron chi connectivity index (χ4n) is 3.86. The van der Waals surface area contributed by atoms with Crippen molar-refractivity contribution >= 4 is 26.8 Å². The minimum absolute atomic E-state index is 0.109. The molecule has 1 aliphatic heterocycles. The predicted molar refractivity (Wildman–Crippen MR) is 116 cm³/mol. The maximum Gasteiger partial charge on any atom is 0.335 e. The van der Waals surface area contributed by atoms with Gasteiger partial charge in [0.05, 0.1) is 23.1 Å². The Balaban J connectivity index is 1.87. The highest BCUT2D eigenvalue weighted by Crippen LogP contribution is 2.40. The molecule has 5 nitrogen and oxygen atoms in total. The van der Waals surface area contributed by atoms with Crippen molar-refractivity contribution in [1.29, 1.82) is 0 Å². The Hall–Kier alpha value is -2.96. The van der Waals surface area contributed by atoms with E-state index in [1.165, 1.54) is 4.31 Å². The summed E-state index contributed by atoms with van der Waals surface area (Å²) in [5.41, 5.74) is 2.09. The first kappa shape index (κ1) is 20.3. The molecule has 0 fully saturated rings. The Kier molecular flexibility index (Phi) is 5.45. The average molecular weight is 422 g/mol. The summed E-state index contributed by atoms with van der Waals surface area (Å²) >= 11 is 0. The van der Waals surface area contributed by atoms with E-state index in [-0.39, 0.29) is 18.0 Å². The number of nitrogens with zero attached hydrogens (tertiary/aromatic N) is 1. The Morgan fingerprint density at radius 1 is 1.03 bits per heavy atom. The van der Waals surface area contributed by atoms with Crippen LogP contribution in [0, 0.1) is 6.92 Å². The Labute approximate surface area is 176 Å². The highest BCUT2D eigenvalue weighted by atomic mass is 32.2. The molecule has 0 saturated heterocycles. The Bertz CT molecular complexity index is 1220. The molecule has 0 radical (unpaired) electrons. The molecule has 154 valence electrons. The lowest BCUT2D eigenvalue weighted by Crippen LogP contribution is -2.33. The summed E-state index contributed by atoms with van der Waals surface area (Å²) < 4.78 is 33.7. The van der Waals surface area contributed by atoms with E-state index >= 15 is 0 Å². The number of carbonyl (C=O) groups is 1. The summed E-state index contributed by atoms with van der Waals surface area (Å²) in [5, 5.41) is 1.89. The summed E-state index contributed by atoms with van der Waals surface area (Å²) in [6, 6.07) is 19.5. The standard InChI is InChI=1S/C24H23NO4S/c1-3-29-24(26)22-15-16-25(30(27,28)19-13-11-17(2)12-14-19)23(22)21-10-6-8-18-7-4-5-9-20(18)21/h4-15,23H,3,16H2,1-2H3. The minimum Gasteiger partial charge on any atom is -0.463 e. The van der Waals surface area contributed by atoms with Gasteiger partial charge in [-0.1, -0.05) is 66.2 Å². The first-order valence-electron chi connectivity index (χ1n) is 9.87. The van der Waals surface area contributed by atoms with Crippen LogP contribution in [0.5, 0.6) is 0 Å². The molecule has 0 bridgehead atoms. The third kappa shape index (κ3) is 3.53. The molecule has 0 spiro atoms. The number of hydrogen-bond acceptors (Lipinski definition) is 4. The average Bonchev–Trinajstić information content (AvgIpc) is 3.20. The van der Waals surface area contributed by atoms with Crippen molar-refractivity contribution in [3.8, 4) is 0 Å². The number of benzene rings is 3. The van der Waals surface area contributed by atoms with Gasteiger partial charge in [0.25, 0.3) is 0 Å². The molecular weight excluding hydrogens is 398 g/mol. The lowest BCUT2D eigenvalue weighted by Gasteiger charge is -2.27. The molecule has 4 rings (SSSR count). The van der Waals surface area contributed by atoms with Gasteiger partial charge in [-0.05, 0) is 42.3 Å². The maximum absolute atomic E-state index is 13.5. The van der Waals surface area contributed by atoms with E-state index in [2.05, 4.69) is 0 Å². The van der Waals surface area contributed by atoms with Crippen molar-refractivity contribution in [3.63, 3.8) is 0 Å². The van der Waals surface area contributed by atoms with Crippen LogP contribution in [-0.2, 0) is 19.6 Å². The molecule has 1 unspecified atom stereocenters. The molecule has 6 heteroatoms. The number of fused-ring (bicyclic) bond motifs is 1. The van der Waals surface area contributed by atoms with Gasteiger partial charge >= 0.3 is 5.97 Å². The molecule has 0 amide bonds. The molecule has 1 aliphatic rings. The van der Waals surface area contributed by atoms with Crippen molar-refractivity contribution in [2.75, 3.05) is 13.2 Å². The molecule has 0 N–H and O–H groups in total. The summed E-state index contributed by atoms with van der Waals surface area (Å²) in [4.78, 5) is 12.9. The van der Waals surface area contributed by atoms with Crippen molar-refractivity contribution in [2.45, 2.75) is 24.8 Å². The molecular formula is C24H23NO4S. The largest absolute Gasteiger partial charge is 0.463 e. The SMILES string of the molecule is CCOC(=O)C1=CCN(S(=O)(=O)c2ccc(C)cc2)C1c1cccc2ccccc12. The second-order valence-electron chi connectivity index (χ2n) is 7.24. The first-order chi connectivity index (χ1) is 14.4. The first-order valence-corrected chi connectivity index (χ1v) is 11.3. The van der Waals surface area contributed by atoms with Crippen molar-refractivity contribution in [2.24, 2.45) is 0 Å². The van der Waals surface area contributed by atoms with Gasteiger partial charge in [0.2, 0.25) is 10.0 Å². The summed E-state index contributed by atoms with van der Waals surface area (Å²) in [6.07, 6.45) is 1.66. The normalized spacial score (nSPS) is 17.1. The molecule has 1 atom stereocenters. The number of rotatable bonds is 5. The van der Waals surface area contributed by atoms with Crippen LogP contribution in [0.4, 0.5) is 0 Å². The van der Waals surface area contributed by atoms with E-state index in [4.69, 9.17) is 4.74 Å². The van der Waals surface area contributed by atoms with Gasteiger partial charge in [-0.2, -0.15) is 4.31 Å². The third-order valence-corrected chi connectivity index (χ3v) is 7.18. The molecule has 0 aromatic heterocycles. The predicted octanol–water partition coefficient (Wildman–Crippen LogP) is 4.38. The van der Waals surface area contributed by atoms with Crippen LogP contribution in [-0.4, -0.2) is 31.8 Å². The van der Waals surface area contributed by atoms with Gasteiger partial charge in [-0.15, -0.1) is 0 Å². The summed E-state index contributed by atoms with van der Waals surface area (Å²) in [6.45, 7) is 3.98. The Morgan fingerprint density at radius 2 is 1.73 bits per heavy atom. The van der Waals surface area contributed by atoms with Crippen LogP contribution in [0.25, 0.3) is 10.8 Å². The van der Waals surface area contributed by atoms with Crippen molar-refractivity contribution in [1.82, 2.24) is 4.31 Å². The Morgan fingerprint density at radius 3 is 2.47 bits per heavy atom. The molecule has 1 heterocycles. The molecule has 3 aromatic carbocycles. The summed E-state index contributed by atoms with van der Waals surface area (Å²) in [7, 11) is -3.83. The van der Waals surface area contributed by atoms with Crippen LogP contribution in [0.3, 0.4) is 0 Å². The van der Waals surface area contributed by atoms with Gasteiger partial charge in [0, 0.05) is 6.54 Å². The number of esters is 1. The number of hydrogen-bond donors (Lipinski definition) is 0. The number of aryl methyl sites for hydroxylation is 1.